The summed E-state index contributed by atoms with van der Waals surface area (Å²) in [5, 5.41) is 3.07. The molecule has 6 aromatic rings. The Labute approximate surface area is 389 Å². The topological polar surface area (TPSA) is 113 Å². The lowest BCUT2D eigenvalue weighted by Crippen LogP contribution is -2.40. The van der Waals surface area contributed by atoms with Gasteiger partial charge in [0.2, 0.25) is 0 Å². The van der Waals surface area contributed by atoms with Crippen LogP contribution in [0.1, 0.15) is 113 Å². The number of aryl methyl sites for hydroxylation is 2. The van der Waals surface area contributed by atoms with Gasteiger partial charge in [-0.1, -0.05) is 93.6 Å². The molecule has 0 unspecified atom stereocenters. The van der Waals surface area contributed by atoms with Crippen molar-refractivity contribution in [2.45, 2.75) is 99.4 Å². The van der Waals surface area contributed by atoms with E-state index in [0.29, 0.717) is 61.0 Å². The van der Waals surface area contributed by atoms with E-state index in [4.69, 9.17) is 14.2 Å². The summed E-state index contributed by atoms with van der Waals surface area (Å²) in [6, 6.07) is 38.1. The molecule has 5 aromatic carbocycles. The van der Waals surface area contributed by atoms with Gasteiger partial charge in [-0.15, -0.1) is 0 Å². The van der Waals surface area contributed by atoms with Crippen LogP contribution >= 0.6 is 0 Å². The first-order valence-electron chi connectivity index (χ1n) is 23.4. The molecule has 0 bridgehead atoms. The van der Waals surface area contributed by atoms with Crippen molar-refractivity contribution < 1.29 is 23.8 Å². The number of hydrogen-bond donors (Lipinski definition) is 2. The number of pyridine rings is 1. The highest BCUT2D eigenvalue weighted by atomic mass is 16.5. The van der Waals surface area contributed by atoms with Crippen molar-refractivity contribution >= 4 is 23.2 Å². The zero-order valence-electron chi connectivity index (χ0n) is 39.5. The Hall–Kier alpha value is -6.65. The van der Waals surface area contributed by atoms with Gasteiger partial charge in [0.15, 0.2) is 0 Å². The lowest BCUT2D eigenvalue weighted by atomic mass is 9.94. The van der Waals surface area contributed by atoms with E-state index < -0.39 is 0 Å². The third-order valence-electron chi connectivity index (χ3n) is 12.4. The first-order valence-corrected chi connectivity index (χ1v) is 23.4. The maximum Gasteiger partial charge on any atom is 0.262 e. The van der Waals surface area contributed by atoms with Gasteiger partial charge in [-0.25, -0.2) is 0 Å². The van der Waals surface area contributed by atoms with Gasteiger partial charge in [-0.05, 0) is 128 Å². The molecule has 10 nitrogen and oxygen atoms in total. The Morgan fingerprint density at radius 1 is 0.773 bits per heavy atom. The van der Waals surface area contributed by atoms with Gasteiger partial charge < -0.3 is 34.3 Å². The molecule has 7 rings (SSSR count). The number of H-pyrrole nitrogens is 1. The summed E-state index contributed by atoms with van der Waals surface area (Å²) in [4.78, 5) is 49.5. The van der Waals surface area contributed by atoms with Crippen molar-refractivity contribution in [2.24, 2.45) is 0 Å². The largest absolute Gasteiger partial charge is 0.488 e. The molecule has 2 N–H and O–H groups in total. The Morgan fingerprint density at radius 3 is 2.06 bits per heavy atom. The number of aromatic amines is 1. The van der Waals surface area contributed by atoms with E-state index in [-0.39, 0.29) is 42.5 Å². The van der Waals surface area contributed by atoms with Crippen LogP contribution in [-0.2, 0) is 24.5 Å². The maximum absolute atomic E-state index is 15.2. The SMILES string of the molecule is CCCN(C(=O)c1cc(C(C)C)c(OCc2ccccc2)cc1OCc1ccccc1)c1cccc(-c2cc(C(=O)NCc3c(C)cc(C)[nH]c3=O)c(C)c(N(CC)C3CCOCC3)c2)c1. The van der Waals surface area contributed by atoms with Gasteiger partial charge in [-0.3, -0.25) is 14.4 Å². The lowest BCUT2D eigenvalue weighted by molar-refractivity contribution is 0.0845. The highest BCUT2D eigenvalue weighted by Crippen LogP contribution is 2.38. The minimum Gasteiger partial charge on any atom is -0.488 e. The summed E-state index contributed by atoms with van der Waals surface area (Å²) in [6.45, 7) is 17.5. The number of anilines is 2. The first kappa shape index (κ1) is 47.3. The van der Waals surface area contributed by atoms with Gasteiger partial charge in [-0.2, -0.15) is 0 Å². The molecule has 1 saturated heterocycles. The van der Waals surface area contributed by atoms with Gasteiger partial charge in [0.05, 0.1) is 5.56 Å². The molecule has 0 saturated carbocycles. The molecule has 66 heavy (non-hydrogen) atoms. The minimum atomic E-state index is -0.267. The van der Waals surface area contributed by atoms with Crippen LogP contribution in [0, 0.1) is 20.8 Å². The fourth-order valence-corrected chi connectivity index (χ4v) is 8.87. The van der Waals surface area contributed by atoms with Crippen LogP contribution in [0.2, 0.25) is 0 Å². The van der Waals surface area contributed by atoms with Crippen LogP contribution < -0.4 is 30.1 Å². The molecule has 2 amide bonds. The van der Waals surface area contributed by atoms with E-state index in [1.807, 2.05) is 135 Å². The Kier molecular flexibility index (Phi) is 15.8. The Bertz CT molecular complexity index is 2670. The van der Waals surface area contributed by atoms with Gasteiger partial charge in [0.25, 0.3) is 17.4 Å². The number of rotatable bonds is 18. The molecule has 1 fully saturated rings. The number of aromatic nitrogens is 1. The van der Waals surface area contributed by atoms with Gasteiger partial charge >= 0.3 is 0 Å². The fourth-order valence-electron chi connectivity index (χ4n) is 8.87. The highest BCUT2D eigenvalue weighted by Gasteiger charge is 2.28. The Balaban J connectivity index is 1.28. The van der Waals surface area contributed by atoms with E-state index in [9.17, 15) is 9.59 Å². The van der Waals surface area contributed by atoms with E-state index in [1.54, 1.807) is 0 Å². The number of carbonyl (C=O) groups excluding carboxylic acids is 2. The number of amides is 2. The molecular formula is C56H64N4O6. The monoisotopic (exact) mass is 888 g/mol. The molecule has 0 atom stereocenters. The lowest BCUT2D eigenvalue weighted by Gasteiger charge is -2.37. The molecule has 10 heteroatoms. The van der Waals surface area contributed by atoms with Crippen molar-refractivity contribution in [3.63, 3.8) is 0 Å². The number of hydrogen-bond acceptors (Lipinski definition) is 7. The molecule has 1 aliphatic heterocycles. The van der Waals surface area contributed by atoms with Crippen molar-refractivity contribution in [2.75, 3.05) is 36.1 Å². The summed E-state index contributed by atoms with van der Waals surface area (Å²) in [7, 11) is 0. The average molecular weight is 889 g/mol. The third-order valence-corrected chi connectivity index (χ3v) is 12.4. The van der Waals surface area contributed by atoms with Crippen molar-refractivity contribution in [1.29, 1.82) is 0 Å². The van der Waals surface area contributed by atoms with Crippen LogP contribution in [-0.4, -0.2) is 49.1 Å². The predicted octanol–water partition coefficient (Wildman–Crippen LogP) is 11.2. The van der Waals surface area contributed by atoms with Crippen LogP contribution in [0.15, 0.2) is 120 Å². The first-order chi connectivity index (χ1) is 31.9. The predicted molar refractivity (Wildman–Crippen MR) is 265 cm³/mol. The number of benzene rings is 5. The second-order valence-electron chi connectivity index (χ2n) is 17.5. The summed E-state index contributed by atoms with van der Waals surface area (Å²) in [5.74, 6) is 0.729. The number of nitrogens with zero attached hydrogens (tertiary/aromatic N) is 2. The number of carbonyl (C=O) groups is 2. The molecule has 2 heterocycles. The summed E-state index contributed by atoms with van der Waals surface area (Å²) >= 11 is 0. The van der Waals surface area contributed by atoms with E-state index in [1.165, 1.54) is 0 Å². The smallest absolute Gasteiger partial charge is 0.262 e. The number of ether oxygens (including phenoxy) is 3. The molecule has 344 valence electrons. The zero-order chi connectivity index (χ0) is 46.7. The second kappa shape index (κ2) is 22.0. The molecule has 0 spiro atoms. The van der Waals surface area contributed by atoms with E-state index >= 15 is 4.79 Å². The highest BCUT2D eigenvalue weighted by molar-refractivity contribution is 6.08. The standard InChI is InChI=1S/C56H64N4O6/c1-8-25-60(56(63)49-32-47(37(3)4)52(65-35-41-17-12-10-13-18-41)33-53(49)66-36-42-19-14-11-15-20-42)46-22-16-21-43(29-46)44-30-48(54(61)57-34-50-38(5)28-39(6)58-55(50)62)40(7)51(31-44)59(9-2)45-23-26-64-27-24-45/h10-22,28-33,37,45H,8-9,23-27,34-36H2,1-7H3,(H,57,61)(H,58,62). The van der Waals surface area contributed by atoms with Crippen molar-refractivity contribution in [1.82, 2.24) is 10.3 Å². The Morgan fingerprint density at radius 2 is 1.44 bits per heavy atom. The van der Waals surface area contributed by atoms with E-state index in [2.05, 4.69) is 49.0 Å². The normalized spacial score (nSPS) is 12.8. The molecule has 0 radical (unpaired) electrons. The molecule has 1 aliphatic rings. The van der Waals surface area contributed by atoms with Crippen molar-refractivity contribution in [3.05, 3.63) is 176 Å². The second-order valence-corrected chi connectivity index (χ2v) is 17.5. The third kappa shape index (κ3) is 11.2. The summed E-state index contributed by atoms with van der Waals surface area (Å²) in [6.07, 6.45) is 2.48. The molecular weight excluding hydrogens is 825 g/mol. The van der Waals surface area contributed by atoms with Crippen LogP contribution in [0.5, 0.6) is 11.5 Å². The van der Waals surface area contributed by atoms with Crippen LogP contribution in [0.25, 0.3) is 11.1 Å². The summed E-state index contributed by atoms with van der Waals surface area (Å²) in [5.41, 5.74) is 10.1. The quantitative estimate of drug-likeness (QED) is 0.0883. The average Bonchev–Trinajstić information content (AvgIpc) is 3.32. The zero-order valence-corrected chi connectivity index (χ0v) is 39.5. The van der Waals surface area contributed by atoms with Crippen LogP contribution in [0.4, 0.5) is 11.4 Å². The van der Waals surface area contributed by atoms with E-state index in [0.717, 1.165) is 75.4 Å². The van der Waals surface area contributed by atoms with Crippen molar-refractivity contribution in [3.8, 4) is 22.6 Å². The maximum atomic E-state index is 15.2. The van der Waals surface area contributed by atoms with Gasteiger partial charge in [0.1, 0.15) is 24.7 Å². The molecule has 0 aliphatic carbocycles. The molecule has 1 aromatic heterocycles. The number of nitrogens with one attached hydrogen (secondary N) is 2. The fraction of sp³-hybridized carbons (Fsp3) is 0.339. The minimum absolute atomic E-state index is 0.0565. The van der Waals surface area contributed by atoms with Crippen LogP contribution in [0.3, 0.4) is 0 Å². The summed E-state index contributed by atoms with van der Waals surface area (Å²) < 4.78 is 18.8. The van der Waals surface area contributed by atoms with Gasteiger partial charge in [0, 0.05) is 73.2 Å².